The Morgan fingerprint density at radius 3 is 2.69 bits per heavy atom. The Balaban J connectivity index is 2.83. The third kappa shape index (κ3) is 1.72. The zero-order valence-corrected chi connectivity index (χ0v) is 7.93. The minimum atomic E-state index is -0.552. The minimum Gasteiger partial charge on any atom is -0.391 e. The molecule has 1 aliphatic heterocycles. The average Bonchev–Trinajstić information content (AvgIpc) is 2.41. The molecule has 0 aromatic carbocycles. The number of amides is 1. The highest BCUT2D eigenvalue weighted by molar-refractivity contribution is 5.84. The van der Waals surface area contributed by atoms with Crippen LogP contribution in [0.3, 0.4) is 0 Å². The molecule has 2 unspecified atom stereocenters. The number of likely N-dealkylation sites (tertiary alicyclic amines) is 1. The Morgan fingerprint density at radius 1 is 1.69 bits per heavy atom. The number of rotatable bonds is 3. The van der Waals surface area contributed by atoms with Crippen LogP contribution in [0.1, 0.15) is 20.3 Å². The van der Waals surface area contributed by atoms with Crippen LogP contribution in [0.2, 0.25) is 0 Å². The molecule has 1 fully saturated rings. The molecule has 1 heterocycles. The lowest BCUT2D eigenvalue weighted by Gasteiger charge is -2.21. The van der Waals surface area contributed by atoms with Crippen molar-refractivity contribution in [2.24, 2.45) is 5.92 Å². The second kappa shape index (κ2) is 3.87. The highest BCUT2D eigenvalue weighted by Gasteiger charge is 2.41. The van der Waals surface area contributed by atoms with Gasteiger partial charge in [-0.25, -0.2) is 0 Å². The number of carbonyl (C=O) groups is 2. The molecule has 1 saturated heterocycles. The maximum absolute atomic E-state index is 11.2. The lowest BCUT2D eigenvalue weighted by Crippen LogP contribution is -2.37. The van der Waals surface area contributed by atoms with Crippen molar-refractivity contribution in [1.82, 2.24) is 4.90 Å². The molecule has 74 valence electrons. The quantitative estimate of drug-likeness (QED) is 0.620. The number of hydrogen-bond acceptors (Lipinski definition) is 3. The van der Waals surface area contributed by atoms with Gasteiger partial charge in [0.25, 0.3) is 0 Å². The molecule has 4 nitrogen and oxygen atoms in total. The van der Waals surface area contributed by atoms with Crippen molar-refractivity contribution in [2.75, 3.05) is 6.54 Å². The second-order valence-electron chi connectivity index (χ2n) is 3.50. The summed E-state index contributed by atoms with van der Waals surface area (Å²) in [5, 5.41) is 9.56. The first-order valence-corrected chi connectivity index (χ1v) is 4.51. The van der Waals surface area contributed by atoms with Gasteiger partial charge >= 0.3 is 0 Å². The molecule has 13 heavy (non-hydrogen) atoms. The average molecular weight is 185 g/mol. The summed E-state index contributed by atoms with van der Waals surface area (Å²) in [5.41, 5.74) is 0. The molecule has 1 rings (SSSR count). The second-order valence-corrected chi connectivity index (χ2v) is 3.50. The van der Waals surface area contributed by atoms with E-state index >= 15 is 0 Å². The van der Waals surface area contributed by atoms with Gasteiger partial charge in [-0.15, -0.1) is 0 Å². The van der Waals surface area contributed by atoms with Crippen molar-refractivity contribution in [2.45, 2.75) is 32.4 Å². The SMILES string of the molecule is CC[C@H]1C(O)CN(C=O)C1C(C)=O. The fourth-order valence-electron chi connectivity index (χ4n) is 2.06. The monoisotopic (exact) mass is 185 g/mol. The van der Waals surface area contributed by atoms with Crippen LogP contribution in [0.5, 0.6) is 0 Å². The van der Waals surface area contributed by atoms with Gasteiger partial charge in [0.1, 0.15) is 0 Å². The number of ketones is 1. The molecule has 1 aliphatic rings. The molecule has 0 saturated carbocycles. The summed E-state index contributed by atoms with van der Waals surface area (Å²) in [6, 6.07) is -0.419. The van der Waals surface area contributed by atoms with Crippen LogP contribution < -0.4 is 0 Å². The third-order valence-corrected chi connectivity index (χ3v) is 2.68. The van der Waals surface area contributed by atoms with Crippen molar-refractivity contribution >= 4 is 12.2 Å². The van der Waals surface area contributed by atoms with E-state index in [0.29, 0.717) is 6.41 Å². The van der Waals surface area contributed by atoms with Gasteiger partial charge in [0.2, 0.25) is 6.41 Å². The van der Waals surface area contributed by atoms with Gasteiger partial charge in [-0.1, -0.05) is 6.92 Å². The summed E-state index contributed by atoms with van der Waals surface area (Å²) in [5.74, 6) is -0.141. The molecule has 0 aliphatic carbocycles. The van der Waals surface area contributed by atoms with Gasteiger partial charge in [-0.3, -0.25) is 9.59 Å². The number of hydrogen-bond donors (Lipinski definition) is 1. The van der Waals surface area contributed by atoms with Gasteiger partial charge in [-0.2, -0.15) is 0 Å². The topological polar surface area (TPSA) is 57.6 Å². The van der Waals surface area contributed by atoms with Crippen molar-refractivity contribution in [1.29, 1.82) is 0 Å². The molecule has 1 N–H and O–H groups in total. The van der Waals surface area contributed by atoms with Crippen molar-refractivity contribution in [3.05, 3.63) is 0 Å². The van der Waals surface area contributed by atoms with Gasteiger partial charge in [-0.05, 0) is 13.3 Å². The highest BCUT2D eigenvalue weighted by Crippen LogP contribution is 2.26. The zero-order valence-electron chi connectivity index (χ0n) is 7.93. The van der Waals surface area contributed by atoms with Crippen LogP contribution in [0, 0.1) is 5.92 Å². The molecular formula is C9H15NO3. The van der Waals surface area contributed by atoms with Crippen LogP contribution in [-0.2, 0) is 9.59 Å². The lowest BCUT2D eigenvalue weighted by molar-refractivity contribution is -0.129. The van der Waals surface area contributed by atoms with E-state index in [9.17, 15) is 14.7 Å². The summed E-state index contributed by atoms with van der Waals surface area (Å²) in [7, 11) is 0. The molecule has 0 bridgehead atoms. The summed E-state index contributed by atoms with van der Waals surface area (Å²) >= 11 is 0. The van der Waals surface area contributed by atoms with Crippen LogP contribution >= 0.6 is 0 Å². The van der Waals surface area contributed by atoms with E-state index in [0.717, 1.165) is 6.42 Å². The molecule has 0 spiro atoms. The number of carbonyl (C=O) groups excluding carboxylic acids is 2. The fraction of sp³-hybridized carbons (Fsp3) is 0.778. The van der Waals surface area contributed by atoms with Crippen LogP contribution in [0.25, 0.3) is 0 Å². The van der Waals surface area contributed by atoms with Gasteiger partial charge in [0.05, 0.1) is 12.1 Å². The molecule has 0 aromatic rings. The third-order valence-electron chi connectivity index (χ3n) is 2.68. The van der Waals surface area contributed by atoms with Gasteiger partial charge in [0.15, 0.2) is 5.78 Å². The molecule has 3 atom stereocenters. The van der Waals surface area contributed by atoms with Crippen molar-refractivity contribution in [3.8, 4) is 0 Å². The van der Waals surface area contributed by atoms with E-state index < -0.39 is 12.1 Å². The van der Waals surface area contributed by atoms with Gasteiger partial charge in [0, 0.05) is 12.5 Å². The Labute approximate surface area is 77.5 Å². The Hall–Kier alpha value is -0.900. The predicted molar refractivity (Wildman–Crippen MR) is 47.0 cm³/mol. The van der Waals surface area contributed by atoms with Crippen molar-refractivity contribution in [3.63, 3.8) is 0 Å². The first-order chi connectivity index (χ1) is 6.11. The Kier molecular flexibility index (Phi) is 3.03. The van der Waals surface area contributed by atoms with Gasteiger partial charge < -0.3 is 10.0 Å². The maximum Gasteiger partial charge on any atom is 0.210 e. The van der Waals surface area contributed by atoms with E-state index in [1.807, 2.05) is 6.92 Å². The summed E-state index contributed by atoms with van der Waals surface area (Å²) < 4.78 is 0. The van der Waals surface area contributed by atoms with E-state index in [2.05, 4.69) is 0 Å². The molecule has 0 aromatic heterocycles. The molecular weight excluding hydrogens is 170 g/mol. The zero-order chi connectivity index (χ0) is 10.0. The van der Waals surface area contributed by atoms with E-state index in [4.69, 9.17) is 0 Å². The standard InChI is InChI=1S/C9H15NO3/c1-3-7-8(13)4-10(5-11)9(7)6(2)12/h5,7-9,13H,3-4H2,1-2H3/t7-,8?,9?/m0/s1. The normalized spacial score (nSPS) is 33.5. The summed E-state index contributed by atoms with van der Waals surface area (Å²) in [4.78, 5) is 23.2. The maximum atomic E-state index is 11.2. The molecule has 4 heteroatoms. The number of β-amino-alcohol motifs (C(OH)–C–C–N with tert-alkyl or cyclic N) is 1. The fourth-order valence-corrected chi connectivity index (χ4v) is 2.06. The number of nitrogens with zero attached hydrogens (tertiary/aromatic N) is 1. The smallest absolute Gasteiger partial charge is 0.210 e. The van der Waals surface area contributed by atoms with Crippen LogP contribution in [0.4, 0.5) is 0 Å². The first kappa shape index (κ1) is 10.2. The molecule has 1 amide bonds. The number of aliphatic hydroxyl groups is 1. The van der Waals surface area contributed by atoms with E-state index in [-0.39, 0.29) is 18.2 Å². The number of aliphatic hydroxyl groups excluding tert-OH is 1. The summed E-state index contributed by atoms with van der Waals surface area (Å²) in [6.07, 6.45) is 0.810. The molecule has 0 radical (unpaired) electrons. The Morgan fingerprint density at radius 2 is 2.31 bits per heavy atom. The number of Topliss-reactive ketones (excluding diaryl/α,β-unsaturated/α-hetero) is 1. The Bertz CT molecular complexity index is 217. The van der Waals surface area contributed by atoms with Crippen LogP contribution in [-0.4, -0.2) is 40.9 Å². The predicted octanol–water partition coefficient (Wildman–Crippen LogP) is -0.197. The largest absolute Gasteiger partial charge is 0.391 e. The lowest BCUT2D eigenvalue weighted by atomic mass is 9.93. The first-order valence-electron chi connectivity index (χ1n) is 4.51. The highest BCUT2D eigenvalue weighted by atomic mass is 16.3. The summed E-state index contributed by atoms with van der Waals surface area (Å²) in [6.45, 7) is 3.66. The van der Waals surface area contributed by atoms with Crippen molar-refractivity contribution < 1.29 is 14.7 Å². The van der Waals surface area contributed by atoms with Crippen LogP contribution in [0.15, 0.2) is 0 Å². The minimum absolute atomic E-state index is 0.0458. The van der Waals surface area contributed by atoms with E-state index in [1.165, 1.54) is 11.8 Å². The van der Waals surface area contributed by atoms with E-state index in [1.54, 1.807) is 0 Å².